The highest BCUT2D eigenvalue weighted by Gasteiger charge is 2.28. The molecule has 2 rings (SSSR count). The normalized spacial score (nSPS) is 16.8. The van der Waals surface area contributed by atoms with Crippen LogP contribution in [0.2, 0.25) is 0 Å². The Morgan fingerprint density at radius 3 is 2.83 bits per heavy atom. The van der Waals surface area contributed by atoms with Gasteiger partial charge in [0, 0.05) is 5.92 Å². The van der Waals surface area contributed by atoms with Crippen LogP contribution in [0.5, 0.6) is 5.75 Å². The largest absolute Gasteiger partial charge is 0.492 e. The molecule has 1 aliphatic rings. The second kappa shape index (κ2) is 5.87. The van der Waals surface area contributed by atoms with Gasteiger partial charge in [-0.15, -0.1) is 0 Å². The van der Waals surface area contributed by atoms with Gasteiger partial charge in [-0.3, -0.25) is 4.79 Å². The molecule has 1 unspecified atom stereocenters. The Kier molecular flexibility index (Phi) is 4.20. The minimum Gasteiger partial charge on any atom is -0.492 e. The van der Waals surface area contributed by atoms with Gasteiger partial charge in [0.2, 0.25) is 5.91 Å². The fourth-order valence-electron chi connectivity index (χ4n) is 1.98. The van der Waals surface area contributed by atoms with Crippen LogP contribution in [0.1, 0.15) is 13.8 Å². The van der Waals surface area contributed by atoms with Gasteiger partial charge < -0.3 is 15.4 Å². The molecule has 0 saturated carbocycles. The molecular formula is C14H20N2O2. The van der Waals surface area contributed by atoms with Gasteiger partial charge in [0.05, 0.1) is 12.3 Å². The molecule has 0 aromatic heterocycles. The SMILES string of the molecule is CCOc1ccccc1NC(=O)C(C)C1CNC1. The molecule has 0 aliphatic carbocycles. The van der Waals surface area contributed by atoms with Crippen molar-refractivity contribution in [3.63, 3.8) is 0 Å². The molecule has 1 saturated heterocycles. The summed E-state index contributed by atoms with van der Waals surface area (Å²) in [6, 6.07) is 7.54. The quantitative estimate of drug-likeness (QED) is 0.836. The first-order valence-electron chi connectivity index (χ1n) is 6.45. The van der Waals surface area contributed by atoms with Gasteiger partial charge in [-0.25, -0.2) is 0 Å². The maximum atomic E-state index is 12.1. The van der Waals surface area contributed by atoms with E-state index in [2.05, 4.69) is 10.6 Å². The molecule has 1 aromatic rings. The van der Waals surface area contributed by atoms with E-state index in [9.17, 15) is 4.79 Å². The summed E-state index contributed by atoms with van der Waals surface area (Å²) in [5.74, 6) is 1.27. The van der Waals surface area contributed by atoms with Crippen molar-refractivity contribution >= 4 is 11.6 Å². The first kappa shape index (κ1) is 12.9. The van der Waals surface area contributed by atoms with Gasteiger partial charge in [0.1, 0.15) is 5.75 Å². The Morgan fingerprint density at radius 2 is 2.22 bits per heavy atom. The lowest BCUT2D eigenvalue weighted by Crippen LogP contribution is -2.48. The van der Waals surface area contributed by atoms with Crippen molar-refractivity contribution < 1.29 is 9.53 Å². The summed E-state index contributed by atoms with van der Waals surface area (Å²) in [6.07, 6.45) is 0. The summed E-state index contributed by atoms with van der Waals surface area (Å²) in [5, 5.41) is 6.14. The Labute approximate surface area is 108 Å². The van der Waals surface area contributed by atoms with Crippen LogP contribution in [0.3, 0.4) is 0 Å². The number of carbonyl (C=O) groups excluding carboxylic acids is 1. The fourth-order valence-corrected chi connectivity index (χ4v) is 1.98. The predicted octanol–water partition coefficient (Wildman–Crippen LogP) is 1.88. The molecule has 1 aliphatic heterocycles. The Bertz CT molecular complexity index is 416. The van der Waals surface area contributed by atoms with Crippen LogP contribution in [0.15, 0.2) is 24.3 Å². The summed E-state index contributed by atoms with van der Waals surface area (Å²) in [4.78, 5) is 12.1. The molecule has 98 valence electrons. The third-order valence-electron chi connectivity index (χ3n) is 3.38. The Hall–Kier alpha value is -1.55. The van der Waals surface area contributed by atoms with E-state index in [0.717, 1.165) is 24.5 Å². The fraction of sp³-hybridized carbons (Fsp3) is 0.500. The van der Waals surface area contributed by atoms with E-state index in [4.69, 9.17) is 4.74 Å². The number of benzene rings is 1. The lowest BCUT2D eigenvalue weighted by atomic mass is 9.88. The van der Waals surface area contributed by atoms with Crippen molar-refractivity contribution in [3.8, 4) is 5.75 Å². The van der Waals surface area contributed by atoms with E-state index in [1.165, 1.54) is 0 Å². The van der Waals surface area contributed by atoms with E-state index in [-0.39, 0.29) is 11.8 Å². The van der Waals surface area contributed by atoms with Crippen LogP contribution in [0.4, 0.5) is 5.69 Å². The van der Waals surface area contributed by atoms with Crippen LogP contribution < -0.4 is 15.4 Å². The highest BCUT2D eigenvalue weighted by atomic mass is 16.5. The second-order valence-electron chi connectivity index (χ2n) is 4.63. The van der Waals surface area contributed by atoms with Crippen molar-refractivity contribution in [2.24, 2.45) is 11.8 Å². The van der Waals surface area contributed by atoms with Crippen molar-refractivity contribution in [2.75, 3.05) is 25.0 Å². The topological polar surface area (TPSA) is 50.4 Å². The summed E-state index contributed by atoms with van der Waals surface area (Å²) >= 11 is 0. The lowest BCUT2D eigenvalue weighted by molar-refractivity contribution is -0.121. The zero-order chi connectivity index (χ0) is 13.0. The van der Waals surface area contributed by atoms with Gasteiger partial charge in [0.25, 0.3) is 0 Å². The van der Waals surface area contributed by atoms with Gasteiger partial charge in [0.15, 0.2) is 0 Å². The Balaban J connectivity index is 2.01. The number of nitrogens with one attached hydrogen (secondary N) is 2. The molecule has 0 radical (unpaired) electrons. The number of ether oxygens (including phenoxy) is 1. The minimum absolute atomic E-state index is 0.0286. The van der Waals surface area contributed by atoms with E-state index in [0.29, 0.717) is 12.5 Å². The number of para-hydroxylation sites is 2. The first-order valence-corrected chi connectivity index (χ1v) is 6.45. The molecular weight excluding hydrogens is 228 g/mol. The number of rotatable bonds is 5. The molecule has 0 bridgehead atoms. The molecule has 18 heavy (non-hydrogen) atoms. The van der Waals surface area contributed by atoms with Crippen LogP contribution >= 0.6 is 0 Å². The molecule has 1 atom stereocenters. The smallest absolute Gasteiger partial charge is 0.227 e. The summed E-state index contributed by atoms with van der Waals surface area (Å²) in [6.45, 7) is 6.36. The van der Waals surface area contributed by atoms with Crippen LogP contribution in [0, 0.1) is 11.8 Å². The summed E-state index contributed by atoms with van der Waals surface area (Å²) in [7, 11) is 0. The van der Waals surface area contributed by atoms with E-state index in [1.54, 1.807) is 0 Å². The van der Waals surface area contributed by atoms with E-state index >= 15 is 0 Å². The molecule has 1 heterocycles. The van der Waals surface area contributed by atoms with Crippen molar-refractivity contribution in [2.45, 2.75) is 13.8 Å². The number of hydrogen-bond donors (Lipinski definition) is 2. The summed E-state index contributed by atoms with van der Waals surface area (Å²) < 4.78 is 5.49. The third kappa shape index (κ3) is 2.82. The van der Waals surface area contributed by atoms with E-state index in [1.807, 2.05) is 38.1 Å². The molecule has 0 spiro atoms. The van der Waals surface area contributed by atoms with Crippen molar-refractivity contribution in [1.29, 1.82) is 0 Å². The molecule has 4 nitrogen and oxygen atoms in total. The van der Waals surface area contributed by atoms with Gasteiger partial charge >= 0.3 is 0 Å². The number of carbonyl (C=O) groups is 1. The van der Waals surface area contributed by atoms with E-state index < -0.39 is 0 Å². The average Bonchev–Trinajstić information content (AvgIpc) is 2.29. The van der Waals surface area contributed by atoms with Gasteiger partial charge in [-0.1, -0.05) is 19.1 Å². The molecule has 1 aromatic carbocycles. The number of amides is 1. The molecule has 2 N–H and O–H groups in total. The lowest BCUT2D eigenvalue weighted by Gasteiger charge is -2.31. The maximum Gasteiger partial charge on any atom is 0.227 e. The molecule has 4 heteroatoms. The average molecular weight is 248 g/mol. The Morgan fingerprint density at radius 1 is 1.50 bits per heavy atom. The predicted molar refractivity (Wildman–Crippen MR) is 71.8 cm³/mol. The minimum atomic E-state index is 0.0286. The number of hydrogen-bond acceptors (Lipinski definition) is 3. The van der Waals surface area contributed by atoms with Crippen LogP contribution in [-0.4, -0.2) is 25.6 Å². The van der Waals surface area contributed by atoms with Crippen LogP contribution in [0.25, 0.3) is 0 Å². The first-order chi connectivity index (χ1) is 8.72. The number of anilines is 1. The van der Waals surface area contributed by atoms with Crippen molar-refractivity contribution in [3.05, 3.63) is 24.3 Å². The molecule has 1 fully saturated rings. The highest BCUT2D eigenvalue weighted by Crippen LogP contribution is 2.25. The third-order valence-corrected chi connectivity index (χ3v) is 3.38. The highest BCUT2D eigenvalue weighted by molar-refractivity contribution is 5.94. The maximum absolute atomic E-state index is 12.1. The zero-order valence-electron chi connectivity index (χ0n) is 10.9. The van der Waals surface area contributed by atoms with Crippen molar-refractivity contribution in [1.82, 2.24) is 5.32 Å². The van der Waals surface area contributed by atoms with Gasteiger partial charge in [-0.2, -0.15) is 0 Å². The standard InChI is InChI=1S/C14H20N2O2/c1-3-18-13-7-5-4-6-12(13)16-14(17)10(2)11-8-15-9-11/h4-7,10-11,15H,3,8-9H2,1-2H3,(H,16,17). The zero-order valence-corrected chi connectivity index (χ0v) is 10.9. The summed E-state index contributed by atoms with van der Waals surface area (Å²) in [5.41, 5.74) is 0.753. The van der Waals surface area contributed by atoms with Gasteiger partial charge in [-0.05, 0) is 38.1 Å². The monoisotopic (exact) mass is 248 g/mol. The molecule has 1 amide bonds. The van der Waals surface area contributed by atoms with Crippen LogP contribution in [-0.2, 0) is 4.79 Å². The second-order valence-corrected chi connectivity index (χ2v) is 4.63.